The lowest BCUT2D eigenvalue weighted by Crippen LogP contribution is -2.07. The summed E-state index contributed by atoms with van der Waals surface area (Å²) in [5.41, 5.74) is 0.369. The van der Waals surface area contributed by atoms with Gasteiger partial charge in [0.15, 0.2) is 0 Å². The van der Waals surface area contributed by atoms with Crippen LogP contribution < -0.4 is 0 Å². The van der Waals surface area contributed by atoms with Crippen molar-refractivity contribution in [2.24, 2.45) is 0 Å². The van der Waals surface area contributed by atoms with E-state index >= 15 is 0 Å². The summed E-state index contributed by atoms with van der Waals surface area (Å²) in [5.74, 6) is -1.55. The van der Waals surface area contributed by atoms with Crippen molar-refractivity contribution < 1.29 is 13.9 Å². The summed E-state index contributed by atoms with van der Waals surface area (Å²) >= 11 is 8.80. The van der Waals surface area contributed by atoms with Crippen molar-refractivity contribution in [2.45, 2.75) is 12.5 Å². The van der Waals surface area contributed by atoms with E-state index in [-0.39, 0.29) is 16.5 Å². The highest BCUT2D eigenvalue weighted by Crippen LogP contribution is 2.29. The molecule has 0 spiro atoms. The highest BCUT2D eigenvalue weighted by atomic mass is 79.9. The Morgan fingerprint density at radius 1 is 1.21 bits per heavy atom. The average Bonchev–Trinajstić information content (AvgIpc) is 2.34. The normalized spacial score (nSPS) is 12.5. The van der Waals surface area contributed by atoms with E-state index in [0.29, 0.717) is 10.6 Å². The van der Waals surface area contributed by atoms with Crippen LogP contribution in [0.15, 0.2) is 40.9 Å². The van der Waals surface area contributed by atoms with E-state index in [1.807, 2.05) is 0 Å². The highest BCUT2D eigenvalue weighted by molar-refractivity contribution is 9.10. The molecule has 1 atom stereocenters. The number of halogens is 4. The van der Waals surface area contributed by atoms with Crippen LogP contribution in [-0.4, -0.2) is 5.11 Å². The fraction of sp³-hybridized carbons (Fsp3) is 0.143. The van der Waals surface area contributed by atoms with Gasteiger partial charge in [0.05, 0.1) is 16.1 Å². The molecule has 0 aliphatic heterocycles. The molecule has 5 heteroatoms. The molecule has 0 amide bonds. The van der Waals surface area contributed by atoms with Gasteiger partial charge in [-0.25, -0.2) is 8.78 Å². The van der Waals surface area contributed by atoms with Gasteiger partial charge >= 0.3 is 0 Å². The molecule has 0 saturated carbocycles. The summed E-state index contributed by atoms with van der Waals surface area (Å²) in [6, 6.07) is 9.18. The molecule has 0 saturated heterocycles. The molecule has 1 N–H and O–H groups in total. The first-order valence-electron chi connectivity index (χ1n) is 5.55. The van der Waals surface area contributed by atoms with Crippen LogP contribution in [0.4, 0.5) is 8.78 Å². The quantitative estimate of drug-likeness (QED) is 0.801. The smallest absolute Gasteiger partial charge is 0.146 e. The molecule has 2 aromatic carbocycles. The van der Waals surface area contributed by atoms with Crippen LogP contribution in [0.1, 0.15) is 17.2 Å². The molecule has 1 unspecified atom stereocenters. The number of benzene rings is 2. The lowest BCUT2D eigenvalue weighted by Gasteiger charge is -2.14. The fourth-order valence-electron chi connectivity index (χ4n) is 1.84. The molecule has 0 aliphatic carbocycles. The van der Waals surface area contributed by atoms with Gasteiger partial charge in [-0.15, -0.1) is 0 Å². The minimum absolute atomic E-state index is 0.0881. The number of hydrogen-bond donors (Lipinski definition) is 1. The molecule has 0 aromatic heterocycles. The van der Waals surface area contributed by atoms with Gasteiger partial charge in [0.2, 0.25) is 0 Å². The van der Waals surface area contributed by atoms with E-state index in [0.717, 1.165) is 6.07 Å². The average molecular weight is 348 g/mol. The summed E-state index contributed by atoms with van der Waals surface area (Å²) in [6.45, 7) is 0. The van der Waals surface area contributed by atoms with Crippen LogP contribution in [0, 0.1) is 11.6 Å². The number of aliphatic hydroxyl groups is 1. The van der Waals surface area contributed by atoms with Gasteiger partial charge in [0, 0.05) is 11.4 Å². The lowest BCUT2D eigenvalue weighted by atomic mass is 10.0. The minimum atomic E-state index is -1.27. The molecule has 1 nitrogen and oxygen atoms in total. The third kappa shape index (κ3) is 3.32. The molecule has 100 valence electrons. The molecule has 2 aromatic rings. The maximum Gasteiger partial charge on any atom is 0.146 e. The molecule has 2 rings (SSSR count). The fourth-order valence-corrected chi connectivity index (χ4v) is 2.40. The van der Waals surface area contributed by atoms with E-state index in [9.17, 15) is 13.9 Å². The second kappa shape index (κ2) is 5.99. The van der Waals surface area contributed by atoms with E-state index in [2.05, 4.69) is 15.9 Å². The number of hydrogen-bond acceptors (Lipinski definition) is 1. The van der Waals surface area contributed by atoms with Gasteiger partial charge in [-0.05, 0) is 45.8 Å². The third-order valence-electron chi connectivity index (χ3n) is 2.73. The Morgan fingerprint density at radius 3 is 2.63 bits per heavy atom. The van der Waals surface area contributed by atoms with Crippen molar-refractivity contribution in [1.29, 1.82) is 0 Å². The van der Waals surface area contributed by atoms with Crippen molar-refractivity contribution >= 4 is 27.5 Å². The predicted octanol–water partition coefficient (Wildman–Crippen LogP) is 4.66. The monoisotopic (exact) mass is 346 g/mol. The third-order valence-corrected chi connectivity index (χ3v) is 3.58. The van der Waals surface area contributed by atoms with Crippen LogP contribution in [0.25, 0.3) is 0 Å². The number of aliphatic hydroxyl groups excluding tert-OH is 1. The van der Waals surface area contributed by atoms with Crippen molar-refractivity contribution in [3.05, 3.63) is 68.7 Å². The first-order chi connectivity index (χ1) is 8.99. The van der Waals surface area contributed by atoms with Gasteiger partial charge in [-0.3, -0.25) is 0 Å². The van der Waals surface area contributed by atoms with Crippen LogP contribution in [0.5, 0.6) is 0 Å². The van der Waals surface area contributed by atoms with Crippen molar-refractivity contribution in [2.75, 3.05) is 0 Å². The Morgan fingerprint density at radius 2 is 1.95 bits per heavy atom. The summed E-state index contributed by atoms with van der Waals surface area (Å²) in [4.78, 5) is 0. The Balaban J connectivity index is 2.30. The Bertz CT molecular complexity index is 604. The molecular weight excluding hydrogens is 338 g/mol. The summed E-state index contributed by atoms with van der Waals surface area (Å²) in [5, 5.41) is 10.5. The van der Waals surface area contributed by atoms with Crippen LogP contribution >= 0.6 is 27.5 Å². The minimum Gasteiger partial charge on any atom is -0.388 e. The molecule has 0 heterocycles. The van der Waals surface area contributed by atoms with Gasteiger partial charge in [0.25, 0.3) is 0 Å². The van der Waals surface area contributed by atoms with Gasteiger partial charge < -0.3 is 5.11 Å². The topological polar surface area (TPSA) is 20.2 Å². The van der Waals surface area contributed by atoms with Gasteiger partial charge in [-0.2, -0.15) is 0 Å². The standard InChI is InChI=1S/C14H10BrClF2O/c15-10-4-5-11(17)13(14(10)18)12(19)7-8-2-1-3-9(16)6-8/h1-6,12,19H,7H2. The zero-order valence-electron chi connectivity index (χ0n) is 9.71. The van der Waals surface area contributed by atoms with Crippen molar-refractivity contribution in [3.63, 3.8) is 0 Å². The highest BCUT2D eigenvalue weighted by Gasteiger charge is 2.20. The van der Waals surface area contributed by atoms with Crippen LogP contribution in [0.3, 0.4) is 0 Å². The summed E-state index contributed by atoms with van der Waals surface area (Å²) in [7, 11) is 0. The van der Waals surface area contributed by atoms with Gasteiger partial charge in [0.1, 0.15) is 11.6 Å². The molecule has 0 bridgehead atoms. The van der Waals surface area contributed by atoms with Crippen molar-refractivity contribution in [1.82, 2.24) is 0 Å². The van der Waals surface area contributed by atoms with Crippen LogP contribution in [0.2, 0.25) is 5.02 Å². The van der Waals surface area contributed by atoms with Crippen molar-refractivity contribution in [3.8, 4) is 0 Å². The van der Waals surface area contributed by atoms with Gasteiger partial charge in [-0.1, -0.05) is 23.7 Å². The van der Waals surface area contributed by atoms with E-state index in [1.165, 1.54) is 6.07 Å². The summed E-state index contributed by atoms with van der Waals surface area (Å²) < 4.78 is 27.6. The molecule has 0 radical (unpaired) electrons. The molecule has 0 aliphatic rings. The lowest BCUT2D eigenvalue weighted by molar-refractivity contribution is 0.168. The number of rotatable bonds is 3. The first kappa shape index (κ1) is 14.4. The van der Waals surface area contributed by atoms with Crippen LogP contribution in [-0.2, 0) is 6.42 Å². The summed E-state index contributed by atoms with van der Waals surface area (Å²) in [6.07, 6.45) is -1.18. The second-order valence-corrected chi connectivity index (χ2v) is 5.40. The zero-order chi connectivity index (χ0) is 14.0. The zero-order valence-corrected chi connectivity index (χ0v) is 12.0. The maximum absolute atomic E-state index is 13.8. The van der Waals surface area contributed by atoms with E-state index in [4.69, 9.17) is 11.6 Å². The predicted molar refractivity (Wildman–Crippen MR) is 74.2 cm³/mol. The van der Waals surface area contributed by atoms with E-state index < -0.39 is 17.7 Å². The SMILES string of the molecule is OC(Cc1cccc(Cl)c1)c1c(F)ccc(Br)c1F. The maximum atomic E-state index is 13.8. The Labute approximate surface area is 123 Å². The molecule has 19 heavy (non-hydrogen) atoms. The molecular formula is C14H10BrClF2O. The Hall–Kier alpha value is -0.970. The largest absolute Gasteiger partial charge is 0.388 e. The second-order valence-electron chi connectivity index (χ2n) is 4.11. The first-order valence-corrected chi connectivity index (χ1v) is 6.72. The molecule has 0 fully saturated rings. The Kier molecular flexibility index (Phi) is 4.55. The van der Waals surface area contributed by atoms with E-state index in [1.54, 1.807) is 24.3 Å².